The summed E-state index contributed by atoms with van der Waals surface area (Å²) in [4.78, 5) is 11.4. The van der Waals surface area contributed by atoms with Gasteiger partial charge in [-0.2, -0.15) is 13.2 Å². The van der Waals surface area contributed by atoms with Crippen LogP contribution in [0.4, 0.5) is 18.0 Å². The predicted octanol–water partition coefficient (Wildman–Crippen LogP) is 3.14. The van der Waals surface area contributed by atoms with Crippen molar-refractivity contribution >= 4 is 6.09 Å². The summed E-state index contributed by atoms with van der Waals surface area (Å²) in [6.07, 6.45) is -3.58. The van der Waals surface area contributed by atoms with E-state index in [-0.39, 0.29) is 18.9 Å². The highest BCUT2D eigenvalue weighted by Gasteiger charge is 2.42. The summed E-state index contributed by atoms with van der Waals surface area (Å²) in [7, 11) is 0. The molecule has 0 aromatic rings. The van der Waals surface area contributed by atoms with Crippen LogP contribution in [0, 0.1) is 5.92 Å². The molecular weight excluding hydrogens is 261 g/mol. The summed E-state index contributed by atoms with van der Waals surface area (Å²) in [6.45, 7) is 5.15. The van der Waals surface area contributed by atoms with Crippen molar-refractivity contribution in [2.75, 3.05) is 0 Å². The van der Waals surface area contributed by atoms with Crippen LogP contribution >= 0.6 is 0 Å². The van der Waals surface area contributed by atoms with Crippen molar-refractivity contribution in [1.82, 2.24) is 10.9 Å². The Labute approximate surface area is 111 Å². The largest absolute Gasteiger partial charge is 0.443 e. The zero-order valence-corrected chi connectivity index (χ0v) is 11.4. The molecule has 4 nitrogen and oxygen atoms in total. The fraction of sp³-hybridized carbons (Fsp3) is 0.917. The summed E-state index contributed by atoms with van der Waals surface area (Å²) < 4.78 is 42.8. The van der Waals surface area contributed by atoms with Crippen molar-refractivity contribution < 1.29 is 22.7 Å². The normalized spacial score (nSPS) is 24.9. The smallest absolute Gasteiger partial charge is 0.422 e. The van der Waals surface area contributed by atoms with Crippen LogP contribution in [0.3, 0.4) is 0 Å². The van der Waals surface area contributed by atoms with Crippen molar-refractivity contribution in [3.63, 3.8) is 0 Å². The van der Waals surface area contributed by atoms with Crippen molar-refractivity contribution in [2.45, 2.75) is 64.3 Å². The van der Waals surface area contributed by atoms with E-state index in [0.717, 1.165) is 0 Å². The lowest BCUT2D eigenvalue weighted by Crippen LogP contribution is -2.49. The minimum atomic E-state index is -4.16. The number of carbonyl (C=O) groups is 1. The van der Waals surface area contributed by atoms with Crippen molar-refractivity contribution in [3.05, 3.63) is 0 Å². The molecule has 1 saturated carbocycles. The second kappa shape index (κ2) is 5.98. The number of hydrogen-bond acceptors (Lipinski definition) is 3. The van der Waals surface area contributed by atoms with E-state index in [1.54, 1.807) is 20.8 Å². The molecule has 0 heterocycles. The lowest BCUT2D eigenvalue weighted by molar-refractivity contribution is -0.183. The molecule has 2 N–H and O–H groups in total. The third-order valence-electron chi connectivity index (χ3n) is 2.91. The second-order valence-electron chi connectivity index (χ2n) is 5.87. The molecular formula is C12H21F3N2O2. The second-order valence-corrected chi connectivity index (χ2v) is 5.87. The van der Waals surface area contributed by atoms with Crippen LogP contribution in [0.15, 0.2) is 0 Å². The molecule has 1 aliphatic carbocycles. The molecule has 1 aliphatic rings. The van der Waals surface area contributed by atoms with Gasteiger partial charge in [-0.15, -0.1) is 0 Å². The van der Waals surface area contributed by atoms with E-state index in [1.165, 1.54) is 0 Å². The van der Waals surface area contributed by atoms with Crippen LogP contribution in [0.1, 0.15) is 46.5 Å². The quantitative estimate of drug-likeness (QED) is 0.765. The van der Waals surface area contributed by atoms with Crippen molar-refractivity contribution in [1.29, 1.82) is 0 Å². The summed E-state index contributed by atoms with van der Waals surface area (Å²) in [5.41, 5.74) is 4.29. The lowest BCUT2D eigenvalue weighted by atomic mass is 9.85. The maximum atomic E-state index is 12.6. The van der Waals surface area contributed by atoms with Gasteiger partial charge in [0.1, 0.15) is 5.60 Å². The Kier molecular flexibility index (Phi) is 5.06. The number of rotatable bonds is 2. The molecule has 0 aliphatic heterocycles. The molecule has 1 amide bonds. The zero-order chi connectivity index (χ0) is 14.7. The number of hydrogen-bond donors (Lipinski definition) is 2. The Morgan fingerprint density at radius 3 is 2.37 bits per heavy atom. The fourth-order valence-corrected chi connectivity index (χ4v) is 2.08. The van der Waals surface area contributed by atoms with E-state index in [2.05, 4.69) is 10.9 Å². The highest BCUT2D eigenvalue weighted by atomic mass is 19.4. The van der Waals surface area contributed by atoms with Gasteiger partial charge >= 0.3 is 12.3 Å². The van der Waals surface area contributed by atoms with E-state index in [0.29, 0.717) is 12.8 Å². The van der Waals surface area contributed by atoms with Gasteiger partial charge in [0.25, 0.3) is 0 Å². The maximum absolute atomic E-state index is 12.6. The average molecular weight is 282 g/mol. The van der Waals surface area contributed by atoms with Gasteiger partial charge in [0.15, 0.2) is 0 Å². The van der Waals surface area contributed by atoms with E-state index >= 15 is 0 Å². The molecule has 0 bridgehead atoms. The number of amides is 1. The van der Waals surface area contributed by atoms with Crippen molar-refractivity contribution in [3.8, 4) is 0 Å². The molecule has 112 valence electrons. The first-order chi connectivity index (χ1) is 8.58. The van der Waals surface area contributed by atoms with Crippen LogP contribution < -0.4 is 10.9 Å². The monoisotopic (exact) mass is 282 g/mol. The number of carbonyl (C=O) groups excluding carboxylic acids is 1. The van der Waals surface area contributed by atoms with Crippen LogP contribution in [0.25, 0.3) is 0 Å². The minimum Gasteiger partial charge on any atom is -0.443 e. The van der Waals surface area contributed by atoms with E-state index in [1.807, 2.05) is 0 Å². The topological polar surface area (TPSA) is 50.4 Å². The molecule has 0 aromatic heterocycles. The summed E-state index contributed by atoms with van der Waals surface area (Å²) >= 11 is 0. The zero-order valence-electron chi connectivity index (χ0n) is 11.4. The highest BCUT2D eigenvalue weighted by Crippen LogP contribution is 2.37. The molecule has 0 aromatic carbocycles. The number of halogens is 3. The van der Waals surface area contributed by atoms with E-state index in [9.17, 15) is 18.0 Å². The minimum absolute atomic E-state index is 0.0146. The molecule has 1 fully saturated rings. The molecule has 0 spiro atoms. The third kappa shape index (κ3) is 6.13. The SMILES string of the molecule is CC(C)(C)OC(=O)NNC1CCCC(C(F)(F)F)C1. The molecule has 0 radical (unpaired) electrons. The number of ether oxygens (including phenoxy) is 1. The fourth-order valence-electron chi connectivity index (χ4n) is 2.08. The summed E-state index contributed by atoms with van der Waals surface area (Å²) in [5, 5.41) is 0. The molecule has 1 rings (SSSR count). The van der Waals surface area contributed by atoms with E-state index < -0.39 is 23.8 Å². The number of nitrogens with one attached hydrogen (secondary N) is 2. The Balaban J connectivity index is 2.35. The van der Waals surface area contributed by atoms with Gasteiger partial charge in [0.2, 0.25) is 0 Å². The third-order valence-corrected chi connectivity index (χ3v) is 2.91. The van der Waals surface area contributed by atoms with Gasteiger partial charge in [0, 0.05) is 6.04 Å². The Hall–Kier alpha value is -0.980. The summed E-state index contributed by atoms with van der Waals surface area (Å²) in [6, 6.07) is -0.368. The van der Waals surface area contributed by atoms with Gasteiger partial charge in [-0.1, -0.05) is 6.42 Å². The van der Waals surface area contributed by atoms with Gasteiger partial charge in [0.05, 0.1) is 5.92 Å². The Morgan fingerprint density at radius 1 is 1.21 bits per heavy atom. The van der Waals surface area contributed by atoms with Crippen molar-refractivity contribution in [2.24, 2.45) is 5.92 Å². The van der Waals surface area contributed by atoms with Crippen LogP contribution in [-0.4, -0.2) is 23.9 Å². The summed E-state index contributed by atoms with van der Waals surface area (Å²) in [5.74, 6) is -1.29. The lowest BCUT2D eigenvalue weighted by Gasteiger charge is -2.31. The molecule has 7 heteroatoms. The molecule has 19 heavy (non-hydrogen) atoms. The van der Waals surface area contributed by atoms with Gasteiger partial charge < -0.3 is 4.74 Å². The molecule has 2 unspecified atom stereocenters. The Bertz CT molecular complexity index is 313. The van der Waals surface area contributed by atoms with Gasteiger partial charge in [-0.3, -0.25) is 5.43 Å². The predicted molar refractivity (Wildman–Crippen MR) is 64.3 cm³/mol. The number of hydrazine groups is 1. The van der Waals surface area contributed by atoms with Crippen LogP contribution in [0.5, 0.6) is 0 Å². The first-order valence-electron chi connectivity index (χ1n) is 6.39. The first-order valence-corrected chi connectivity index (χ1v) is 6.39. The molecule has 2 atom stereocenters. The van der Waals surface area contributed by atoms with Gasteiger partial charge in [-0.25, -0.2) is 10.2 Å². The van der Waals surface area contributed by atoms with E-state index in [4.69, 9.17) is 4.74 Å². The molecule has 0 saturated heterocycles. The van der Waals surface area contributed by atoms with Crippen LogP contribution in [-0.2, 0) is 4.74 Å². The standard InChI is InChI=1S/C12H21F3N2O2/c1-11(2,3)19-10(18)17-16-9-6-4-5-8(7-9)12(13,14)15/h8-9,16H,4-7H2,1-3H3,(H,17,18). The number of alkyl halides is 3. The highest BCUT2D eigenvalue weighted by molar-refractivity contribution is 5.67. The first kappa shape index (κ1) is 16.1. The van der Waals surface area contributed by atoms with Gasteiger partial charge in [-0.05, 0) is 40.0 Å². The average Bonchev–Trinajstić information content (AvgIpc) is 2.23. The van der Waals surface area contributed by atoms with Crippen LogP contribution in [0.2, 0.25) is 0 Å². The maximum Gasteiger partial charge on any atom is 0.422 e. The Morgan fingerprint density at radius 2 is 1.84 bits per heavy atom.